The van der Waals surface area contributed by atoms with Gasteiger partial charge in [-0.3, -0.25) is 14.1 Å². The van der Waals surface area contributed by atoms with Crippen molar-refractivity contribution in [2.75, 3.05) is 19.0 Å². The number of rotatable bonds is 36. The van der Waals surface area contributed by atoms with Crippen molar-refractivity contribution < 1.29 is 86.4 Å². The number of hydrogen-bond acceptors (Lipinski definition) is 11. The van der Waals surface area contributed by atoms with Crippen LogP contribution in [0.25, 0.3) is 0 Å². The minimum atomic E-state index is -4.61. The molecule has 0 aromatic rings. The molecule has 1 fully saturated rings. The maximum atomic E-state index is 12.8. The average molecular weight is 866 g/mol. The van der Waals surface area contributed by atoms with Crippen LogP contribution in [0.3, 0.4) is 0 Å². The summed E-state index contributed by atoms with van der Waals surface area (Å²) in [6, 6.07) is 0. The SMILES string of the molecule is CCCCC/C=C/C/C=C/CCCCCCCC(=O)OCC(COC1OC(CS(=O)(=O)O)C(O)C(O)C1O)OC(=O)CCCCCCC/C=C/C/C=C/CCCCC.[Na+]. The van der Waals surface area contributed by atoms with Gasteiger partial charge in [0.05, 0.1) is 6.61 Å². The summed E-state index contributed by atoms with van der Waals surface area (Å²) in [5.41, 5.74) is 0. The molecule has 0 spiro atoms. The van der Waals surface area contributed by atoms with Crippen LogP contribution in [0.2, 0.25) is 0 Å². The quantitative estimate of drug-likeness (QED) is 0.0196. The van der Waals surface area contributed by atoms with Crippen molar-refractivity contribution in [1.29, 1.82) is 0 Å². The van der Waals surface area contributed by atoms with Gasteiger partial charge in [-0.05, 0) is 77.0 Å². The Labute approximate surface area is 378 Å². The smallest absolute Gasteiger partial charge is 0.462 e. The van der Waals surface area contributed by atoms with Gasteiger partial charge in [0.25, 0.3) is 10.1 Å². The number of esters is 2. The van der Waals surface area contributed by atoms with Crippen LogP contribution in [0.15, 0.2) is 48.6 Å². The Hall–Kier alpha value is -1.39. The molecule has 0 bridgehead atoms. The summed E-state index contributed by atoms with van der Waals surface area (Å²) in [6.45, 7) is 3.67. The second-order valence-corrected chi connectivity index (χ2v) is 16.9. The Morgan fingerprint density at radius 2 is 1.03 bits per heavy atom. The van der Waals surface area contributed by atoms with Crippen LogP contribution >= 0.6 is 0 Å². The van der Waals surface area contributed by atoms with Crippen LogP contribution in [0.4, 0.5) is 0 Å². The van der Waals surface area contributed by atoms with E-state index in [0.29, 0.717) is 12.8 Å². The average Bonchev–Trinajstić information content (AvgIpc) is 3.18. The molecule has 1 saturated heterocycles. The molecule has 0 aromatic heterocycles. The van der Waals surface area contributed by atoms with Crippen molar-refractivity contribution in [2.45, 2.75) is 205 Å². The van der Waals surface area contributed by atoms with Crippen molar-refractivity contribution in [1.82, 2.24) is 0 Å². The number of allylic oxidation sites excluding steroid dienone is 8. The minimum absolute atomic E-state index is 0. The molecule has 1 aliphatic rings. The molecule has 4 N–H and O–H groups in total. The summed E-state index contributed by atoms with van der Waals surface area (Å²) in [7, 11) is -4.61. The van der Waals surface area contributed by atoms with Crippen molar-refractivity contribution in [2.24, 2.45) is 0 Å². The van der Waals surface area contributed by atoms with Gasteiger partial charge >= 0.3 is 41.5 Å². The van der Waals surface area contributed by atoms with Crippen molar-refractivity contribution in [3.05, 3.63) is 48.6 Å². The van der Waals surface area contributed by atoms with E-state index in [1.807, 2.05) is 0 Å². The maximum Gasteiger partial charge on any atom is 1.00 e. The zero-order valence-corrected chi connectivity index (χ0v) is 39.5. The van der Waals surface area contributed by atoms with Crippen molar-refractivity contribution in [3.63, 3.8) is 0 Å². The molecule has 1 heterocycles. The first-order chi connectivity index (χ1) is 28.0. The second kappa shape index (κ2) is 38.3. The summed E-state index contributed by atoms with van der Waals surface area (Å²) < 4.78 is 54.0. The third-order valence-electron chi connectivity index (χ3n) is 9.88. The Bertz CT molecular complexity index is 1270. The molecule has 59 heavy (non-hydrogen) atoms. The Morgan fingerprint density at radius 1 is 0.593 bits per heavy atom. The van der Waals surface area contributed by atoms with Gasteiger partial charge in [-0.2, -0.15) is 8.42 Å². The molecule has 6 unspecified atom stereocenters. The first kappa shape index (κ1) is 57.6. The van der Waals surface area contributed by atoms with Gasteiger partial charge in [-0.1, -0.05) is 127 Å². The topological polar surface area (TPSA) is 186 Å². The predicted molar refractivity (Wildman–Crippen MR) is 229 cm³/mol. The number of carbonyl (C=O) groups is 2. The minimum Gasteiger partial charge on any atom is -0.462 e. The van der Waals surface area contributed by atoms with Crippen LogP contribution in [0, 0.1) is 0 Å². The Morgan fingerprint density at radius 3 is 1.51 bits per heavy atom. The molecule has 0 saturated carbocycles. The molecule has 14 heteroatoms. The van der Waals surface area contributed by atoms with Gasteiger partial charge in [0.1, 0.15) is 36.8 Å². The molecule has 0 aromatic carbocycles. The fourth-order valence-electron chi connectivity index (χ4n) is 6.38. The summed E-state index contributed by atoms with van der Waals surface area (Å²) in [4.78, 5) is 25.4. The Kier molecular flexibility index (Phi) is 37.4. The monoisotopic (exact) mass is 866 g/mol. The molecular weight excluding hydrogens is 788 g/mol. The van der Waals surface area contributed by atoms with Crippen LogP contribution in [0.5, 0.6) is 0 Å². The maximum absolute atomic E-state index is 12.8. The first-order valence-corrected chi connectivity index (χ1v) is 23.8. The van der Waals surface area contributed by atoms with Crippen molar-refractivity contribution in [3.8, 4) is 0 Å². The fourth-order valence-corrected chi connectivity index (χ4v) is 7.07. The number of unbranched alkanes of at least 4 members (excludes halogenated alkanes) is 16. The van der Waals surface area contributed by atoms with E-state index in [0.717, 1.165) is 89.9 Å². The first-order valence-electron chi connectivity index (χ1n) is 22.2. The molecule has 1 aliphatic heterocycles. The van der Waals surface area contributed by atoms with E-state index in [2.05, 4.69) is 62.5 Å². The van der Waals surface area contributed by atoms with Gasteiger partial charge < -0.3 is 34.3 Å². The zero-order chi connectivity index (χ0) is 42.7. The largest absolute Gasteiger partial charge is 1.00 e. The van der Waals surface area contributed by atoms with Gasteiger partial charge in [-0.15, -0.1) is 0 Å². The fraction of sp³-hybridized carbons (Fsp3) is 0.778. The van der Waals surface area contributed by atoms with Crippen LogP contribution in [0.1, 0.15) is 168 Å². The van der Waals surface area contributed by atoms with Crippen LogP contribution < -0.4 is 29.6 Å². The second-order valence-electron chi connectivity index (χ2n) is 15.4. The Balaban J connectivity index is 0.0000336. The molecule has 0 radical (unpaired) electrons. The van der Waals surface area contributed by atoms with E-state index in [1.54, 1.807) is 0 Å². The molecule has 12 nitrogen and oxygen atoms in total. The molecule has 336 valence electrons. The van der Waals surface area contributed by atoms with Gasteiger partial charge in [0, 0.05) is 12.8 Å². The number of aliphatic hydroxyl groups excluding tert-OH is 3. The van der Waals surface area contributed by atoms with Crippen LogP contribution in [-0.4, -0.2) is 96.0 Å². The molecule has 0 aliphatic carbocycles. The van der Waals surface area contributed by atoms with Gasteiger partial charge in [0.2, 0.25) is 0 Å². The third kappa shape index (κ3) is 32.9. The molecule has 1 rings (SSSR count). The van der Waals surface area contributed by atoms with Crippen molar-refractivity contribution >= 4 is 22.1 Å². The summed E-state index contributed by atoms with van der Waals surface area (Å²) in [6.07, 6.45) is 31.5. The predicted octanol–water partition coefficient (Wildman–Crippen LogP) is 5.78. The summed E-state index contributed by atoms with van der Waals surface area (Å²) in [5, 5.41) is 30.9. The van der Waals surface area contributed by atoms with Crippen LogP contribution in [-0.2, 0) is 38.7 Å². The number of carbonyl (C=O) groups excluding carboxylic acids is 2. The van der Waals surface area contributed by atoms with E-state index in [-0.39, 0.29) is 49.0 Å². The number of hydrogen-bond donors (Lipinski definition) is 4. The van der Waals surface area contributed by atoms with E-state index in [1.165, 1.54) is 38.5 Å². The van der Waals surface area contributed by atoms with Gasteiger partial charge in [-0.25, -0.2) is 0 Å². The van der Waals surface area contributed by atoms with E-state index in [4.69, 9.17) is 18.9 Å². The normalized spacial score (nSPS) is 20.5. The molecule has 0 amide bonds. The van der Waals surface area contributed by atoms with E-state index >= 15 is 0 Å². The van der Waals surface area contributed by atoms with E-state index in [9.17, 15) is 37.9 Å². The summed E-state index contributed by atoms with van der Waals surface area (Å²) in [5.74, 6) is -2.02. The van der Waals surface area contributed by atoms with Gasteiger partial charge in [0.15, 0.2) is 12.4 Å². The zero-order valence-electron chi connectivity index (χ0n) is 36.6. The third-order valence-corrected chi connectivity index (χ3v) is 10.6. The molecular formula is C45H78NaO12S+. The molecule has 6 atom stereocenters. The number of aliphatic hydroxyl groups is 3. The van der Waals surface area contributed by atoms with E-state index < -0.39 is 71.2 Å². The standard InChI is InChI=1S/C45H78O12S.Na/c1-3-5-7-9-11-13-15-17-19-21-23-25-27-29-31-33-40(46)54-35-38(36-55-45-44(50)43(49)42(48)39(57-45)37-58(51,52)53)56-41(47)34-32-30-28-26-24-22-20-18-16-14-12-10-8-6-4-2;/h11-14,17-20,38-39,42-45,48-50H,3-10,15-16,21-37H2,1-2H3,(H,51,52,53);/q;+1/b13-11+,14-12+,19-17+,20-18+;. The summed E-state index contributed by atoms with van der Waals surface area (Å²) >= 11 is 0. The number of ether oxygens (including phenoxy) is 4.